The van der Waals surface area contributed by atoms with Gasteiger partial charge >= 0.3 is 0 Å². The van der Waals surface area contributed by atoms with Crippen LogP contribution >= 0.6 is 0 Å². The average Bonchev–Trinajstić information content (AvgIpc) is 2.75. The van der Waals surface area contributed by atoms with Gasteiger partial charge in [0.2, 0.25) is 15.9 Å². The molecule has 1 unspecified atom stereocenters. The van der Waals surface area contributed by atoms with E-state index < -0.39 is 33.6 Å². The number of carbonyl (C=O) groups excluding carboxylic acids is 2. The minimum Gasteiger partial charge on any atom is -0.338 e. The summed E-state index contributed by atoms with van der Waals surface area (Å²) < 4.78 is 53.0. The largest absolute Gasteiger partial charge is 0.338 e. The third kappa shape index (κ3) is 4.80. The lowest BCUT2D eigenvalue weighted by molar-refractivity contribution is -0.137. The predicted octanol–water partition coefficient (Wildman–Crippen LogP) is 1.84. The number of hydrogen-bond donors (Lipinski definition) is 0. The van der Waals surface area contributed by atoms with Crippen LogP contribution in [0.1, 0.15) is 43.0 Å². The lowest BCUT2D eigenvalue weighted by Crippen LogP contribution is -2.57. The first-order chi connectivity index (χ1) is 14.2. The molecule has 1 aromatic carbocycles. The van der Waals surface area contributed by atoms with Crippen molar-refractivity contribution in [1.29, 1.82) is 0 Å². The van der Waals surface area contributed by atoms with E-state index in [2.05, 4.69) is 0 Å². The third-order valence-corrected chi connectivity index (χ3v) is 7.68. The summed E-state index contributed by atoms with van der Waals surface area (Å²) in [5, 5.41) is 0. The summed E-state index contributed by atoms with van der Waals surface area (Å²) in [6.45, 7) is 3.18. The summed E-state index contributed by atoms with van der Waals surface area (Å²) in [5.41, 5.74) is 0.0535. The zero-order chi connectivity index (χ0) is 21.9. The maximum atomic E-state index is 13.4. The first kappa shape index (κ1) is 22.6. The molecule has 0 radical (unpaired) electrons. The van der Waals surface area contributed by atoms with Crippen LogP contribution < -0.4 is 0 Å². The predicted molar refractivity (Wildman–Crippen MR) is 107 cm³/mol. The van der Waals surface area contributed by atoms with E-state index in [-0.39, 0.29) is 43.4 Å². The van der Waals surface area contributed by atoms with Gasteiger partial charge in [-0.1, -0.05) is 13.3 Å². The van der Waals surface area contributed by atoms with E-state index in [1.807, 2.05) is 0 Å². The van der Waals surface area contributed by atoms with Gasteiger partial charge in [-0.25, -0.2) is 17.2 Å². The standard InChI is InChI=1S/C20H27F2N3O4S/c1-2-13-30(28,29)25-8-4-3-5-18(25)20(27)24-11-9-23(10-12-24)19(26)15-6-7-16(21)17(22)14-15/h6-7,14,18H,2-5,8-13H2,1H3. The van der Waals surface area contributed by atoms with Crippen molar-refractivity contribution >= 4 is 21.8 Å². The van der Waals surface area contributed by atoms with Crippen molar-refractivity contribution in [2.75, 3.05) is 38.5 Å². The van der Waals surface area contributed by atoms with Crippen LogP contribution in [0.25, 0.3) is 0 Å². The van der Waals surface area contributed by atoms with Crippen molar-refractivity contribution in [3.63, 3.8) is 0 Å². The van der Waals surface area contributed by atoms with Gasteiger partial charge in [0.1, 0.15) is 6.04 Å². The van der Waals surface area contributed by atoms with Gasteiger partial charge < -0.3 is 9.80 Å². The van der Waals surface area contributed by atoms with Gasteiger partial charge in [0.05, 0.1) is 5.75 Å². The van der Waals surface area contributed by atoms with Crippen LogP contribution in [0.2, 0.25) is 0 Å². The number of carbonyl (C=O) groups is 2. The number of sulfonamides is 1. The molecule has 3 rings (SSSR count). The Kier molecular flexibility index (Phi) is 7.07. The summed E-state index contributed by atoms with van der Waals surface area (Å²) in [5.74, 6) is -2.73. The molecule has 1 atom stereocenters. The fourth-order valence-corrected chi connectivity index (χ4v) is 5.75. The Labute approximate surface area is 175 Å². The molecule has 1 aromatic rings. The summed E-state index contributed by atoms with van der Waals surface area (Å²) >= 11 is 0. The molecule has 2 aliphatic rings. The minimum atomic E-state index is -3.48. The van der Waals surface area contributed by atoms with E-state index in [0.29, 0.717) is 19.4 Å². The van der Waals surface area contributed by atoms with Crippen LogP contribution in [0.5, 0.6) is 0 Å². The summed E-state index contributed by atoms with van der Waals surface area (Å²) in [7, 11) is -3.48. The van der Waals surface area contributed by atoms with Gasteiger partial charge in [-0.15, -0.1) is 0 Å². The van der Waals surface area contributed by atoms with Crippen molar-refractivity contribution in [2.24, 2.45) is 0 Å². The van der Waals surface area contributed by atoms with E-state index in [1.165, 1.54) is 15.3 Å². The van der Waals surface area contributed by atoms with Crippen LogP contribution in [0.4, 0.5) is 8.78 Å². The van der Waals surface area contributed by atoms with Gasteiger partial charge in [0, 0.05) is 38.3 Å². The number of hydrogen-bond acceptors (Lipinski definition) is 4. The molecule has 2 fully saturated rings. The summed E-state index contributed by atoms with van der Waals surface area (Å²) in [4.78, 5) is 28.7. The van der Waals surface area contributed by atoms with Crippen LogP contribution in [0, 0.1) is 11.6 Å². The fraction of sp³-hybridized carbons (Fsp3) is 0.600. The lowest BCUT2D eigenvalue weighted by Gasteiger charge is -2.40. The monoisotopic (exact) mass is 443 g/mol. The number of benzene rings is 1. The Hall–Kier alpha value is -2.07. The molecule has 30 heavy (non-hydrogen) atoms. The Morgan fingerprint density at radius 2 is 1.67 bits per heavy atom. The Balaban J connectivity index is 1.64. The molecule has 2 amide bonds. The van der Waals surface area contributed by atoms with Gasteiger partial charge in [0.15, 0.2) is 11.6 Å². The normalized spacial score (nSPS) is 21.0. The van der Waals surface area contributed by atoms with Crippen molar-refractivity contribution < 1.29 is 26.8 Å². The van der Waals surface area contributed by atoms with Crippen LogP contribution in [-0.4, -0.2) is 78.9 Å². The highest BCUT2D eigenvalue weighted by atomic mass is 32.2. The van der Waals surface area contributed by atoms with Crippen molar-refractivity contribution in [2.45, 2.75) is 38.6 Å². The minimum absolute atomic E-state index is 0.0211. The summed E-state index contributed by atoms with van der Waals surface area (Å²) in [6, 6.07) is 2.32. The molecule has 0 aromatic heterocycles. The number of nitrogens with zero attached hydrogens (tertiary/aromatic N) is 3. The highest BCUT2D eigenvalue weighted by Crippen LogP contribution is 2.24. The highest BCUT2D eigenvalue weighted by Gasteiger charge is 2.39. The fourth-order valence-electron chi connectivity index (χ4n) is 4.01. The van der Waals surface area contributed by atoms with E-state index in [0.717, 1.165) is 25.0 Å². The van der Waals surface area contributed by atoms with Crippen LogP contribution in [0.15, 0.2) is 18.2 Å². The van der Waals surface area contributed by atoms with Crippen LogP contribution in [0.3, 0.4) is 0 Å². The number of rotatable bonds is 5. The molecular weight excluding hydrogens is 416 g/mol. The Bertz CT molecular complexity index is 901. The smallest absolute Gasteiger partial charge is 0.254 e. The van der Waals surface area contributed by atoms with Gasteiger partial charge in [-0.2, -0.15) is 4.31 Å². The molecular formula is C20H27F2N3O4S. The van der Waals surface area contributed by atoms with E-state index in [4.69, 9.17) is 0 Å². The lowest BCUT2D eigenvalue weighted by atomic mass is 10.0. The van der Waals surface area contributed by atoms with Crippen LogP contribution in [-0.2, 0) is 14.8 Å². The van der Waals surface area contributed by atoms with Gasteiger partial charge in [-0.05, 0) is 37.5 Å². The number of piperazine rings is 1. The zero-order valence-electron chi connectivity index (χ0n) is 17.0. The number of amides is 2. The van der Waals surface area contributed by atoms with Crippen molar-refractivity contribution in [3.8, 4) is 0 Å². The number of piperidine rings is 1. The molecule has 2 saturated heterocycles. The Morgan fingerprint density at radius 3 is 2.30 bits per heavy atom. The molecule has 0 saturated carbocycles. The molecule has 0 spiro atoms. The molecule has 7 nitrogen and oxygen atoms in total. The van der Waals surface area contributed by atoms with Crippen molar-refractivity contribution in [1.82, 2.24) is 14.1 Å². The topological polar surface area (TPSA) is 78.0 Å². The van der Waals surface area contributed by atoms with E-state index >= 15 is 0 Å². The van der Waals surface area contributed by atoms with Gasteiger partial charge in [0.25, 0.3) is 5.91 Å². The second-order valence-corrected chi connectivity index (χ2v) is 9.73. The van der Waals surface area contributed by atoms with Gasteiger partial charge in [-0.3, -0.25) is 9.59 Å². The average molecular weight is 444 g/mol. The Morgan fingerprint density at radius 1 is 1.00 bits per heavy atom. The second kappa shape index (κ2) is 9.38. The molecule has 2 heterocycles. The van der Waals surface area contributed by atoms with Crippen molar-refractivity contribution in [3.05, 3.63) is 35.4 Å². The first-order valence-electron chi connectivity index (χ1n) is 10.3. The summed E-state index contributed by atoms with van der Waals surface area (Å²) in [6.07, 6.45) is 2.52. The molecule has 2 aliphatic heterocycles. The zero-order valence-corrected chi connectivity index (χ0v) is 17.8. The molecule has 166 valence electrons. The van der Waals surface area contributed by atoms with E-state index in [1.54, 1.807) is 11.8 Å². The molecule has 0 bridgehead atoms. The maximum Gasteiger partial charge on any atom is 0.254 e. The number of halogens is 2. The molecule has 10 heteroatoms. The third-order valence-electron chi connectivity index (χ3n) is 5.60. The highest BCUT2D eigenvalue weighted by molar-refractivity contribution is 7.89. The maximum absolute atomic E-state index is 13.4. The SMILES string of the molecule is CCCS(=O)(=O)N1CCCCC1C(=O)N1CCN(C(=O)c2ccc(F)c(F)c2)CC1. The molecule has 0 aliphatic carbocycles. The van der Waals surface area contributed by atoms with E-state index in [9.17, 15) is 26.8 Å². The molecule has 0 N–H and O–H groups in total. The second-order valence-electron chi connectivity index (χ2n) is 7.68. The first-order valence-corrected chi connectivity index (χ1v) is 11.9. The quantitative estimate of drug-likeness (QED) is 0.696.